The van der Waals surface area contributed by atoms with Gasteiger partial charge in [0, 0.05) is 11.3 Å². The van der Waals surface area contributed by atoms with Crippen molar-refractivity contribution in [2.45, 2.75) is 13.8 Å². The first-order valence-electron chi connectivity index (χ1n) is 8.28. The maximum Gasteiger partial charge on any atom is 0.262 e. The summed E-state index contributed by atoms with van der Waals surface area (Å²) in [5.41, 5.74) is 1.88. The number of hydrogen-bond donors (Lipinski definition) is 2. The third-order valence-corrected chi connectivity index (χ3v) is 3.73. The molecule has 0 unspecified atom stereocenters. The highest BCUT2D eigenvalue weighted by molar-refractivity contribution is 6.03. The lowest BCUT2D eigenvalue weighted by Crippen LogP contribution is -2.23. The second kappa shape index (κ2) is 7.65. The molecule has 3 aromatic rings. The van der Waals surface area contributed by atoms with Crippen LogP contribution in [0.5, 0.6) is 5.75 Å². The van der Waals surface area contributed by atoms with Gasteiger partial charge in [0.15, 0.2) is 0 Å². The van der Waals surface area contributed by atoms with E-state index in [2.05, 4.69) is 15.3 Å². The average molecular weight is 349 g/mol. The minimum Gasteiger partial charge on any atom is -0.494 e. The van der Waals surface area contributed by atoms with Crippen LogP contribution in [0.4, 0.5) is 5.82 Å². The van der Waals surface area contributed by atoms with Crippen molar-refractivity contribution < 1.29 is 9.53 Å². The molecule has 0 aliphatic rings. The number of pyridine rings is 2. The second-order valence-corrected chi connectivity index (χ2v) is 5.71. The molecule has 0 saturated heterocycles. The summed E-state index contributed by atoms with van der Waals surface area (Å²) in [6, 6.07) is 16.1. The molecule has 0 aliphatic heterocycles. The van der Waals surface area contributed by atoms with E-state index in [4.69, 9.17) is 4.74 Å². The highest BCUT2D eigenvalue weighted by atomic mass is 16.5. The van der Waals surface area contributed by atoms with E-state index < -0.39 is 11.5 Å². The molecule has 0 spiro atoms. The van der Waals surface area contributed by atoms with Gasteiger partial charge in [0.05, 0.1) is 12.3 Å². The van der Waals surface area contributed by atoms with E-state index in [0.717, 1.165) is 11.3 Å². The van der Waals surface area contributed by atoms with Gasteiger partial charge < -0.3 is 15.0 Å². The Labute approximate surface area is 150 Å². The number of ether oxygens (including phenoxy) is 1. The van der Waals surface area contributed by atoms with Gasteiger partial charge in [-0.1, -0.05) is 18.2 Å². The number of carbonyl (C=O) groups is 1. The zero-order chi connectivity index (χ0) is 18.5. The fraction of sp³-hybridized carbons (Fsp3) is 0.150. The minimum absolute atomic E-state index is 0.0427. The monoisotopic (exact) mass is 349 g/mol. The Morgan fingerprint density at radius 3 is 2.73 bits per heavy atom. The van der Waals surface area contributed by atoms with Crippen LogP contribution < -0.4 is 15.6 Å². The van der Waals surface area contributed by atoms with E-state index in [-0.39, 0.29) is 5.56 Å². The Balaban J connectivity index is 1.84. The summed E-state index contributed by atoms with van der Waals surface area (Å²) in [6.07, 6.45) is 0. The lowest BCUT2D eigenvalue weighted by molar-refractivity contribution is 0.102. The molecule has 2 aromatic heterocycles. The van der Waals surface area contributed by atoms with E-state index in [1.54, 1.807) is 25.1 Å². The smallest absolute Gasteiger partial charge is 0.262 e. The number of aryl methyl sites for hydroxylation is 1. The first-order chi connectivity index (χ1) is 12.6. The predicted molar refractivity (Wildman–Crippen MR) is 101 cm³/mol. The second-order valence-electron chi connectivity index (χ2n) is 5.71. The number of nitrogens with zero attached hydrogens (tertiary/aromatic N) is 1. The molecule has 1 aromatic carbocycles. The Bertz CT molecular complexity index is 995. The Morgan fingerprint density at radius 1 is 1.15 bits per heavy atom. The zero-order valence-electron chi connectivity index (χ0n) is 14.6. The van der Waals surface area contributed by atoms with Crippen LogP contribution in [0.2, 0.25) is 0 Å². The van der Waals surface area contributed by atoms with Crippen LogP contribution in [0.3, 0.4) is 0 Å². The normalized spacial score (nSPS) is 10.4. The molecule has 0 aliphatic carbocycles. The van der Waals surface area contributed by atoms with Crippen LogP contribution in [0.1, 0.15) is 23.0 Å². The Kier molecular flexibility index (Phi) is 5.12. The highest BCUT2D eigenvalue weighted by Crippen LogP contribution is 2.23. The van der Waals surface area contributed by atoms with E-state index in [9.17, 15) is 9.59 Å². The fourth-order valence-electron chi connectivity index (χ4n) is 2.51. The van der Waals surface area contributed by atoms with Gasteiger partial charge in [0.1, 0.15) is 17.1 Å². The van der Waals surface area contributed by atoms with Crippen LogP contribution >= 0.6 is 0 Å². The zero-order valence-corrected chi connectivity index (χ0v) is 14.6. The van der Waals surface area contributed by atoms with E-state index in [1.165, 1.54) is 6.07 Å². The summed E-state index contributed by atoms with van der Waals surface area (Å²) in [7, 11) is 0. The number of aromatic amines is 1. The molecule has 0 radical (unpaired) electrons. The molecule has 6 nitrogen and oxygen atoms in total. The van der Waals surface area contributed by atoms with Crippen molar-refractivity contribution >= 4 is 11.7 Å². The average Bonchev–Trinajstić information content (AvgIpc) is 2.62. The maximum atomic E-state index is 12.3. The molecule has 0 fully saturated rings. The van der Waals surface area contributed by atoms with E-state index in [1.807, 2.05) is 37.3 Å². The van der Waals surface area contributed by atoms with Crippen LogP contribution in [0, 0.1) is 6.92 Å². The molecule has 0 atom stereocenters. The number of nitrogens with one attached hydrogen (secondary N) is 2. The number of H-pyrrole nitrogens is 1. The van der Waals surface area contributed by atoms with Crippen molar-refractivity contribution in [2.75, 3.05) is 11.9 Å². The summed E-state index contributed by atoms with van der Waals surface area (Å²) in [5, 5.41) is 2.67. The first kappa shape index (κ1) is 17.4. The van der Waals surface area contributed by atoms with Gasteiger partial charge in [0.25, 0.3) is 11.5 Å². The number of aromatic nitrogens is 2. The molecule has 2 heterocycles. The van der Waals surface area contributed by atoms with Crippen molar-refractivity contribution in [1.82, 2.24) is 9.97 Å². The highest BCUT2D eigenvalue weighted by Gasteiger charge is 2.12. The third kappa shape index (κ3) is 3.97. The lowest BCUT2D eigenvalue weighted by Gasteiger charge is -2.08. The SMILES string of the molecule is CCOc1cccc(-c2cccc(NC(=O)c3ccc(C)[nH]c3=O)n2)c1. The summed E-state index contributed by atoms with van der Waals surface area (Å²) in [6.45, 7) is 4.26. The van der Waals surface area contributed by atoms with Crippen molar-refractivity contribution in [1.29, 1.82) is 0 Å². The van der Waals surface area contributed by atoms with Crippen molar-refractivity contribution in [3.63, 3.8) is 0 Å². The van der Waals surface area contributed by atoms with Gasteiger partial charge in [-0.15, -0.1) is 0 Å². The summed E-state index contributed by atoms with van der Waals surface area (Å²) >= 11 is 0. The molecule has 132 valence electrons. The fourth-order valence-corrected chi connectivity index (χ4v) is 2.51. The van der Waals surface area contributed by atoms with Gasteiger partial charge in [-0.2, -0.15) is 0 Å². The minimum atomic E-state index is -0.501. The molecule has 2 N–H and O–H groups in total. The molecule has 1 amide bonds. The standard InChI is InChI=1S/C20H19N3O3/c1-3-26-15-7-4-6-14(12-15)17-8-5-9-18(22-17)23-20(25)16-11-10-13(2)21-19(16)24/h4-12H,3H2,1-2H3,(H,21,24)(H,22,23,25). The predicted octanol–water partition coefficient (Wildman–Crippen LogP) is 3.40. The third-order valence-electron chi connectivity index (χ3n) is 3.73. The Hall–Kier alpha value is -3.41. The topological polar surface area (TPSA) is 84.1 Å². The molecular weight excluding hydrogens is 330 g/mol. The summed E-state index contributed by atoms with van der Waals surface area (Å²) in [4.78, 5) is 31.3. The van der Waals surface area contributed by atoms with Gasteiger partial charge in [0.2, 0.25) is 0 Å². The molecular formula is C20H19N3O3. The summed E-state index contributed by atoms with van der Waals surface area (Å²) < 4.78 is 5.51. The van der Waals surface area contributed by atoms with Crippen molar-refractivity contribution in [3.05, 3.63) is 76.2 Å². The lowest BCUT2D eigenvalue weighted by atomic mass is 10.1. The van der Waals surface area contributed by atoms with Gasteiger partial charge in [-0.3, -0.25) is 9.59 Å². The van der Waals surface area contributed by atoms with Crippen LogP contribution in [0.25, 0.3) is 11.3 Å². The van der Waals surface area contributed by atoms with Gasteiger partial charge in [-0.25, -0.2) is 4.98 Å². The van der Waals surface area contributed by atoms with Gasteiger partial charge in [-0.05, 0) is 50.2 Å². The maximum absolute atomic E-state index is 12.3. The number of rotatable bonds is 5. The van der Waals surface area contributed by atoms with Crippen LogP contribution in [-0.2, 0) is 0 Å². The van der Waals surface area contributed by atoms with Crippen molar-refractivity contribution in [2.24, 2.45) is 0 Å². The molecule has 6 heteroatoms. The number of amides is 1. The number of carbonyl (C=O) groups excluding carboxylic acids is 1. The number of benzene rings is 1. The van der Waals surface area contributed by atoms with Crippen LogP contribution in [-0.4, -0.2) is 22.5 Å². The van der Waals surface area contributed by atoms with E-state index >= 15 is 0 Å². The molecule has 26 heavy (non-hydrogen) atoms. The molecule has 3 rings (SSSR count). The van der Waals surface area contributed by atoms with Crippen molar-refractivity contribution in [3.8, 4) is 17.0 Å². The largest absolute Gasteiger partial charge is 0.494 e. The number of hydrogen-bond acceptors (Lipinski definition) is 4. The molecule has 0 bridgehead atoms. The first-order valence-corrected chi connectivity index (χ1v) is 8.28. The van der Waals surface area contributed by atoms with Crippen LogP contribution in [0.15, 0.2) is 59.4 Å². The van der Waals surface area contributed by atoms with E-state index in [0.29, 0.717) is 23.8 Å². The summed E-state index contributed by atoms with van der Waals surface area (Å²) in [5.74, 6) is 0.626. The van der Waals surface area contributed by atoms with Gasteiger partial charge >= 0.3 is 0 Å². The molecule has 0 saturated carbocycles. The number of anilines is 1. The quantitative estimate of drug-likeness (QED) is 0.739. The Morgan fingerprint density at radius 2 is 1.96 bits per heavy atom.